The van der Waals surface area contributed by atoms with Crippen molar-refractivity contribution in [3.63, 3.8) is 0 Å². The molecular formula is H2MnO4Ti. The molecule has 4 nitrogen and oxygen atoms in total. The third-order valence-corrected chi connectivity index (χ3v) is 0. The second-order valence-corrected chi connectivity index (χ2v) is 0.344. The van der Waals surface area contributed by atoms with Gasteiger partial charge in [0.15, 0.2) is 0 Å². The topological polar surface area (TPSA) is 74.6 Å². The van der Waals surface area contributed by atoms with Crippen molar-refractivity contribution in [2.45, 2.75) is 0 Å². The Balaban J connectivity index is -0.0000000275. The van der Waals surface area contributed by atoms with E-state index in [0.717, 1.165) is 0 Å². The quantitative estimate of drug-likeness (QED) is 0.298. The van der Waals surface area contributed by atoms with Crippen LogP contribution in [0.15, 0.2) is 0 Å². The summed E-state index contributed by atoms with van der Waals surface area (Å²) in [5.41, 5.74) is 0. The van der Waals surface area contributed by atoms with E-state index in [1.54, 1.807) is 0 Å². The Kier molecular flexibility index (Phi) is 112. The molecule has 6 heteroatoms. The van der Waals surface area contributed by atoms with Crippen molar-refractivity contribution in [2.75, 3.05) is 0 Å². The summed E-state index contributed by atoms with van der Waals surface area (Å²) in [6.07, 6.45) is 0. The summed E-state index contributed by atoms with van der Waals surface area (Å²) in [7, 11) is 0. The fourth-order valence-corrected chi connectivity index (χ4v) is 0. The van der Waals surface area contributed by atoms with Gasteiger partial charge in [0.05, 0.1) is 0 Å². The van der Waals surface area contributed by atoms with Crippen LogP contribution < -0.4 is 0 Å². The molecule has 2 N–H and O–H groups in total. The SMILES string of the molecule is OO.[Mn].[O]=[Ti]=[O]. The second kappa shape index (κ2) is 42.3. The molecule has 0 aliphatic carbocycles. The van der Waals surface area contributed by atoms with Gasteiger partial charge in [-0.2, -0.15) is 0 Å². The first kappa shape index (κ1) is 15.9. The summed E-state index contributed by atoms with van der Waals surface area (Å²) in [5.74, 6) is 0. The molecule has 0 aliphatic rings. The van der Waals surface area contributed by atoms with Crippen LogP contribution >= 0.6 is 0 Å². The molecule has 37 valence electrons. The van der Waals surface area contributed by atoms with Crippen LogP contribution in [0.2, 0.25) is 0 Å². The fourth-order valence-electron chi connectivity index (χ4n) is 0. The normalized spacial score (nSPS) is 2.33. The molecule has 0 unspecified atom stereocenters. The molecule has 0 saturated carbocycles. The number of rotatable bonds is 0. The molecule has 0 saturated heterocycles. The first-order chi connectivity index (χ1) is 2.41. The van der Waals surface area contributed by atoms with Gasteiger partial charge in [-0.3, -0.25) is 10.5 Å². The molecular weight excluding hydrogens is 167 g/mol. The summed E-state index contributed by atoms with van der Waals surface area (Å²) >= 11 is -2.00. The van der Waals surface area contributed by atoms with Crippen LogP contribution in [-0.2, 0) is 42.8 Å². The summed E-state index contributed by atoms with van der Waals surface area (Å²) in [6, 6.07) is 0. The summed E-state index contributed by atoms with van der Waals surface area (Å²) in [5, 5.41) is 12.0. The van der Waals surface area contributed by atoms with Crippen molar-refractivity contribution in [2.24, 2.45) is 0 Å². The maximum atomic E-state index is 8.50. The number of hydrogen-bond acceptors (Lipinski definition) is 4. The van der Waals surface area contributed by atoms with Crippen LogP contribution in [0.3, 0.4) is 0 Å². The van der Waals surface area contributed by atoms with E-state index in [1.165, 1.54) is 0 Å². The predicted molar refractivity (Wildman–Crippen MR) is 6.63 cm³/mol. The minimum atomic E-state index is -2.00. The Hall–Kier alpha value is 0.754. The zero-order valence-electron chi connectivity index (χ0n) is 2.59. The van der Waals surface area contributed by atoms with Gasteiger partial charge in [-0.25, -0.2) is 0 Å². The van der Waals surface area contributed by atoms with Gasteiger partial charge < -0.3 is 0 Å². The van der Waals surface area contributed by atoms with Crippen molar-refractivity contribution < 1.29 is 53.3 Å². The van der Waals surface area contributed by atoms with Gasteiger partial charge in [-0.15, -0.1) is 0 Å². The second-order valence-electron chi connectivity index (χ2n) is 0.0833. The molecule has 1 radical (unpaired) electrons. The third-order valence-electron chi connectivity index (χ3n) is 0. The van der Waals surface area contributed by atoms with Gasteiger partial charge in [0.1, 0.15) is 0 Å². The van der Waals surface area contributed by atoms with E-state index in [2.05, 4.69) is 0 Å². The monoisotopic (exact) mass is 169 g/mol. The van der Waals surface area contributed by atoms with E-state index < -0.39 is 19.1 Å². The van der Waals surface area contributed by atoms with Crippen molar-refractivity contribution in [3.8, 4) is 0 Å². The predicted octanol–water partition coefficient (Wildman–Crippen LogP) is -0.225. The van der Waals surface area contributed by atoms with Crippen LogP contribution in [0.1, 0.15) is 0 Å². The molecule has 6 heavy (non-hydrogen) atoms. The molecule has 0 atom stereocenters. The van der Waals surface area contributed by atoms with Crippen LogP contribution in [0.4, 0.5) is 0 Å². The fraction of sp³-hybridized carbons (Fsp3) is 0. The van der Waals surface area contributed by atoms with E-state index in [1.807, 2.05) is 0 Å². The van der Waals surface area contributed by atoms with Crippen LogP contribution in [-0.4, -0.2) is 10.5 Å². The minimum absolute atomic E-state index is 0. The third kappa shape index (κ3) is 118. The Morgan fingerprint density at radius 1 is 1.17 bits per heavy atom. The molecule has 0 amide bonds. The molecule has 0 rings (SSSR count). The van der Waals surface area contributed by atoms with Gasteiger partial charge in [0.2, 0.25) is 0 Å². The van der Waals surface area contributed by atoms with Gasteiger partial charge >= 0.3 is 25.7 Å². The Labute approximate surface area is 53.5 Å². The molecule has 0 aromatic rings. The van der Waals surface area contributed by atoms with E-state index in [0.29, 0.717) is 0 Å². The van der Waals surface area contributed by atoms with Gasteiger partial charge in [-0.1, -0.05) is 0 Å². The average Bonchev–Trinajstić information content (AvgIpc) is 1.46. The van der Waals surface area contributed by atoms with E-state index in [-0.39, 0.29) is 17.1 Å². The zero-order valence-corrected chi connectivity index (χ0v) is 5.33. The molecule has 0 spiro atoms. The summed E-state index contributed by atoms with van der Waals surface area (Å²) in [4.78, 5) is 0. The molecule has 0 aromatic heterocycles. The molecule has 0 aliphatic heterocycles. The van der Waals surface area contributed by atoms with Gasteiger partial charge in [-0.05, 0) is 0 Å². The van der Waals surface area contributed by atoms with E-state index in [9.17, 15) is 0 Å². The molecule has 0 bridgehead atoms. The summed E-state index contributed by atoms with van der Waals surface area (Å²) in [6.45, 7) is 0. The zero-order chi connectivity index (χ0) is 4.71. The molecule has 0 heterocycles. The maximum absolute atomic E-state index is 8.50. The van der Waals surface area contributed by atoms with Crippen LogP contribution in [0.25, 0.3) is 0 Å². The van der Waals surface area contributed by atoms with Gasteiger partial charge in [0.25, 0.3) is 0 Å². The van der Waals surface area contributed by atoms with Gasteiger partial charge in [0, 0.05) is 17.1 Å². The molecule has 0 aromatic carbocycles. The first-order valence-electron chi connectivity index (χ1n) is 0.608. The first-order valence-corrected chi connectivity index (χ1v) is 1.88. The Morgan fingerprint density at radius 2 is 1.17 bits per heavy atom. The van der Waals surface area contributed by atoms with E-state index in [4.69, 9.17) is 17.2 Å². The van der Waals surface area contributed by atoms with E-state index >= 15 is 0 Å². The Morgan fingerprint density at radius 3 is 1.17 bits per heavy atom. The average molecular weight is 169 g/mol. The van der Waals surface area contributed by atoms with Crippen LogP contribution in [0, 0.1) is 0 Å². The van der Waals surface area contributed by atoms with Crippen molar-refractivity contribution in [1.82, 2.24) is 0 Å². The standard InChI is InChI=1S/Mn.H2O2.2O.Ti/c;1-2;;;/h;1-2H;;;. The summed E-state index contributed by atoms with van der Waals surface area (Å²) < 4.78 is 17.0. The van der Waals surface area contributed by atoms with Crippen molar-refractivity contribution >= 4 is 0 Å². The number of hydrogen-bond donors (Lipinski definition) is 2. The van der Waals surface area contributed by atoms with Crippen molar-refractivity contribution in [3.05, 3.63) is 0 Å². The van der Waals surface area contributed by atoms with Crippen molar-refractivity contribution in [1.29, 1.82) is 0 Å². The molecule has 0 fully saturated rings. The van der Waals surface area contributed by atoms with Crippen LogP contribution in [0.5, 0.6) is 0 Å². The Bertz CT molecular complexity index is 28.5.